The summed E-state index contributed by atoms with van der Waals surface area (Å²) < 4.78 is 1.84. The van der Waals surface area contributed by atoms with Crippen molar-refractivity contribution in [3.05, 3.63) is 58.3 Å². The second kappa shape index (κ2) is 4.05. The molecular weight excluding hydrogens is 264 g/mol. The topological polar surface area (TPSA) is 76.2 Å². The lowest BCUT2D eigenvalue weighted by Gasteiger charge is -2.27. The fraction of sp³-hybridized carbons (Fsp3) is 0.250. The number of nitrogens with zero attached hydrogens (tertiary/aromatic N) is 2. The molecule has 4 rings (SSSR count). The highest BCUT2D eigenvalue weighted by molar-refractivity contribution is 5.77. The van der Waals surface area contributed by atoms with E-state index < -0.39 is 5.54 Å². The Bertz CT molecular complexity index is 908. The first-order chi connectivity index (χ1) is 10.2. The minimum atomic E-state index is -0.593. The van der Waals surface area contributed by atoms with E-state index in [0.29, 0.717) is 5.65 Å². The first-order valence-electron chi connectivity index (χ1n) is 7.15. The number of hydrogen-bond donors (Lipinski definition) is 2. The van der Waals surface area contributed by atoms with Crippen LogP contribution in [0, 0.1) is 0 Å². The van der Waals surface area contributed by atoms with Crippen LogP contribution in [0.5, 0.6) is 0 Å². The molecule has 0 aliphatic heterocycles. The number of benzene rings is 1. The van der Waals surface area contributed by atoms with Gasteiger partial charge in [0.1, 0.15) is 0 Å². The van der Waals surface area contributed by atoms with Crippen molar-refractivity contribution in [2.24, 2.45) is 5.73 Å². The number of nitrogens with two attached hydrogens (primary N) is 1. The molecule has 3 N–H and O–H groups in total. The molecule has 1 aliphatic rings. The quantitative estimate of drug-likeness (QED) is 0.754. The summed E-state index contributed by atoms with van der Waals surface area (Å²) in [5.74, 6) is 0. The van der Waals surface area contributed by atoms with Crippen molar-refractivity contribution in [2.45, 2.75) is 25.3 Å². The molecule has 2 heterocycles. The Morgan fingerprint density at radius 3 is 3.00 bits per heavy atom. The molecular formula is C16H16N4O. The highest BCUT2D eigenvalue weighted by Crippen LogP contribution is 2.46. The zero-order valence-corrected chi connectivity index (χ0v) is 11.8. The summed E-state index contributed by atoms with van der Waals surface area (Å²) in [6, 6.07) is 8.02. The molecule has 106 valence electrons. The fourth-order valence-electron chi connectivity index (χ4n) is 3.50. The zero-order valence-electron chi connectivity index (χ0n) is 11.8. The summed E-state index contributed by atoms with van der Waals surface area (Å²) in [5, 5.41) is 0. The third-order valence-electron chi connectivity index (χ3n) is 4.30. The molecule has 0 bridgehead atoms. The van der Waals surface area contributed by atoms with E-state index in [2.05, 4.69) is 16.9 Å². The van der Waals surface area contributed by atoms with Crippen LogP contribution in [0.1, 0.15) is 31.0 Å². The van der Waals surface area contributed by atoms with Crippen LogP contribution < -0.4 is 11.3 Å². The number of hydrogen-bond acceptors (Lipinski definition) is 3. The molecule has 5 nitrogen and oxygen atoms in total. The maximum Gasteiger partial charge on any atom is 0.292 e. The SMILES string of the molecule is CCCC1(N)c2ccccc2-c2[nH]c(=O)c3nccn3c21. The first-order valence-corrected chi connectivity index (χ1v) is 7.15. The van der Waals surface area contributed by atoms with E-state index in [1.165, 1.54) is 0 Å². The molecule has 0 spiro atoms. The van der Waals surface area contributed by atoms with Crippen LogP contribution in [0.15, 0.2) is 41.5 Å². The van der Waals surface area contributed by atoms with Gasteiger partial charge in [0.15, 0.2) is 0 Å². The Balaban J connectivity index is 2.19. The van der Waals surface area contributed by atoms with E-state index >= 15 is 0 Å². The van der Waals surface area contributed by atoms with Crippen molar-refractivity contribution < 1.29 is 0 Å². The van der Waals surface area contributed by atoms with Crippen LogP contribution >= 0.6 is 0 Å². The molecule has 0 saturated heterocycles. The van der Waals surface area contributed by atoms with Gasteiger partial charge in [0.05, 0.1) is 16.9 Å². The van der Waals surface area contributed by atoms with Crippen LogP contribution in [0.3, 0.4) is 0 Å². The van der Waals surface area contributed by atoms with Gasteiger partial charge in [-0.2, -0.15) is 0 Å². The van der Waals surface area contributed by atoms with E-state index in [9.17, 15) is 4.79 Å². The van der Waals surface area contributed by atoms with Crippen molar-refractivity contribution in [2.75, 3.05) is 0 Å². The smallest absolute Gasteiger partial charge is 0.292 e. The van der Waals surface area contributed by atoms with Gasteiger partial charge < -0.3 is 10.7 Å². The van der Waals surface area contributed by atoms with Crippen LogP contribution in [0.4, 0.5) is 0 Å². The lowest BCUT2D eigenvalue weighted by Crippen LogP contribution is -2.38. The van der Waals surface area contributed by atoms with E-state index in [0.717, 1.165) is 35.4 Å². The fourth-order valence-corrected chi connectivity index (χ4v) is 3.50. The van der Waals surface area contributed by atoms with Crippen molar-refractivity contribution in [3.8, 4) is 11.3 Å². The summed E-state index contributed by atoms with van der Waals surface area (Å²) >= 11 is 0. The van der Waals surface area contributed by atoms with Gasteiger partial charge in [0.25, 0.3) is 5.56 Å². The van der Waals surface area contributed by atoms with Gasteiger partial charge >= 0.3 is 0 Å². The predicted octanol–water partition coefficient (Wildman–Crippen LogP) is 2.01. The van der Waals surface area contributed by atoms with Gasteiger partial charge in [-0.25, -0.2) is 4.98 Å². The molecule has 1 aliphatic carbocycles. The Kier molecular flexibility index (Phi) is 2.38. The number of fused-ring (bicyclic) bond motifs is 5. The minimum Gasteiger partial charge on any atom is -0.317 e. The summed E-state index contributed by atoms with van der Waals surface area (Å²) in [6.07, 6.45) is 5.22. The average molecular weight is 280 g/mol. The average Bonchev–Trinajstić information content (AvgIpc) is 3.04. The predicted molar refractivity (Wildman–Crippen MR) is 81.1 cm³/mol. The van der Waals surface area contributed by atoms with Crippen molar-refractivity contribution in [1.29, 1.82) is 0 Å². The second-order valence-corrected chi connectivity index (χ2v) is 5.57. The Morgan fingerprint density at radius 1 is 1.38 bits per heavy atom. The largest absolute Gasteiger partial charge is 0.317 e. The normalized spacial score (nSPS) is 19.7. The monoisotopic (exact) mass is 280 g/mol. The number of aromatic nitrogens is 3. The number of nitrogens with one attached hydrogen (secondary N) is 1. The van der Waals surface area contributed by atoms with Gasteiger partial charge in [-0.1, -0.05) is 37.6 Å². The molecule has 1 aromatic carbocycles. The number of imidazole rings is 1. The molecule has 21 heavy (non-hydrogen) atoms. The van der Waals surface area contributed by atoms with Crippen LogP contribution in [0.2, 0.25) is 0 Å². The summed E-state index contributed by atoms with van der Waals surface area (Å²) in [7, 11) is 0. The molecule has 0 fully saturated rings. The van der Waals surface area contributed by atoms with Crippen molar-refractivity contribution in [1.82, 2.24) is 14.4 Å². The molecule has 1 unspecified atom stereocenters. The molecule has 5 heteroatoms. The van der Waals surface area contributed by atoms with Crippen LogP contribution in [-0.4, -0.2) is 14.4 Å². The van der Waals surface area contributed by atoms with Crippen molar-refractivity contribution in [3.63, 3.8) is 0 Å². The molecule has 0 amide bonds. The number of rotatable bonds is 2. The standard InChI is InChI=1S/C16H16N4O/c1-2-7-16(17)11-6-4-3-5-10(11)12-13(16)20-9-8-18-14(20)15(21)19-12/h3-6,8-9H,2,7,17H2,1H3,(H,19,21). The molecule has 0 saturated carbocycles. The van der Waals surface area contributed by atoms with E-state index in [4.69, 9.17) is 5.73 Å². The summed E-state index contributed by atoms with van der Waals surface area (Å²) in [5.41, 5.74) is 10.2. The molecule has 2 aromatic heterocycles. The Hall–Kier alpha value is -2.40. The Morgan fingerprint density at radius 2 is 2.19 bits per heavy atom. The lowest BCUT2D eigenvalue weighted by atomic mass is 9.87. The number of H-pyrrole nitrogens is 1. The van der Waals surface area contributed by atoms with Gasteiger partial charge in [0.2, 0.25) is 5.65 Å². The molecule has 0 radical (unpaired) electrons. The van der Waals surface area contributed by atoms with E-state index in [1.807, 2.05) is 34.9 Å². The molecule has 1 atom stereocenters. The van der Waals surface area contributed by atoms with Crippen molar-refractivity contribution >= 4 is 5.65 Å². The maximum absolute atomic E-state index is 12.2. The van der Waals surface area contributed by atoms with Gasteiger partial charge in [-0.3, -0.25) is 9.20 Å². The van der Waals surface area contributed by atoms with E-state index in [1.54, 1.807) is 6.20 Å². The van der Waals surface area contributed by atoms with Gasteiger partial charge in [-0.15, -0.1) is 0 Å². The second-order valence-electron chi connectivity index (χ2n) is 5.57. The summed E-state index contributed by atoms with van der Waals surface area (Å²) in [4.78, 5) is 19.3. The van der Waals surface area contributed by atoms with E-state index in [-0.39, 0.29) is 5.56 Å². The zero-order chi connectivity index (χ0) is 14.6. The third kappa shape index (κ3) is 1.44. The lowest BCUT2D eigenvalue weighted by molar-refractivity contribution is 0.478. The van der Waals surface area contributed by atoms with Gasteiger partial charge in [0, 0.05) is 18.0 Å². The summed E-state index contributed by atoms with van der Waals surface area (Å²) in [6.45, 7) is 2.12. The van der Waals surface area contributed by atoms with Crippen LogP contribution in [-0.2, 0) is 5.54 Å². The molecule has 3 aromatic rings. The maximum atomic E-state index is 12.2. The van der Waals surface area contributed by atoms with Gasteiger partial charge in [-0.05, 0) is 12.0 Å². The Labute approximate surface area is 121 Å². The third-order valence-corrected chi connectivity index (χ3v) is 4.30. The highest BCUT2D eigenvalue weighted by Gasteiger charge is 2.42. The first kappa shape index (κ1) is 12.3. The number of aromatic amines is 1. The van der Waals surface area contributed by atoms with Crippen LogP contribution in [0.25, 0.3) is 16.9 Å². The highest BCUT2D eigenvalue weighted by atomic mass is 16.1. The minimum absolute atomic E-state index is 0.186.